The van der Waals surface area contributed by atoms with Crippen molar-refractivity contribution >= 4 is 5.69 Å². The van der Waals surface area contributed by atoms with Crippen molar-refractivity contribution in [1.29, 1.82) is 0 Å². The first-order valence-electron chi connectivity index (χ1n) is 6.00. The molecule has 0 spiro atoms. The number of anilines is 1. The van der Waals surface area contributed by atoms with Gasteiger partial charge in [0, 0.05) is 25.1 Å². The Morgan fingerprint density at radius 2 is 1.94 bits per heavy atom. The lowest BCUT2D eigenvalue weighted by Gasteiger charge is -2.14. The van der Waals surface area contributed by atoms with Crippen LogP contribution in [-0.2, 0) is 6.54 Å². The summed E-state index contributed by atoms with van der Waals surface area (Å²) in [5.41, 5.74) is 2.08. The smallest absolute Gasteiger partial charge is 0.237 e. The van der Waals surface area contributed by atoms with Gasteiger partial charge < -0.3 is 10.1 Å². The van der Waals surface area contributed by atoms with Gasteiger partial charge >= 0.3 is 0 Å². The van der Waals surface area contributed by atoms with Gasteiger partial charge in [0.2, 0.25) is 5.88 Å². The fraction of sp³-hybridized carbons (Fsp3) is 0.286. The Kier molecular flexibility index (Phi) is 4.12. The maximum atomic E-state index is 5.65. The Hall–Kier alpha value is -2.10. The molecule has 4 heteroatoms. The zero-order valence-corrected chi connectivity index (χ0v) is 10.6. The highest BCUT2D eigenvalue weighted by atomic mass is 16.5. The zero-order chi connectivity index (χ0) is 12.8. The molecule has 0 amide bonds. The number of pyridine rings is 2. The molecule has 1 N–H and O–H groups in total. The van der Waals surface area contributed by atoms with Crippen molar-refractivity contribution in [3.63, 3.8) is 0 Å². The summed E-state index contributed by atoms with van der Waals surface area (Å²) in [7, 11) is 0. The molecule has 2 aromatic rings. The topological polar surface area (TPSA) is 47.0 Å². The van der Waals surface area contributed by atoms with Crippen LogP contribution in [0.2, 0.25) is 0 Å². The lowest BCUT2D eigenvalue weighted by atomic mass is 10.2. The van der Waals surface area contributed by atoms with E-state index < -0.39 is 0 Å². The van der Waals surface area contributed by atoms with Gasteiger partial charge in [0.1, 0.15) is 0 Å². The highest BCUT2D eigenvalue weighted by Crippen LogP contribution is 2.22. The molecule has 0 radical (unpaired) electrons. The Labute approximate surface area is 107 Å². The Balaban J connectivity index is 2.05. The lowest BCUT2D eigenvalue weighted by Crippen LogP contribution is -2.10. The molecule has 94 valence electrons. The van der Waals surface area contributed by atoms with Gasteiger partial charge in [-0.15, -0.1) is 0 Å². The monoisotopic (exact) mass is 243 g/mol. The highest BCUT2D eigenvalue weighted by Gasteiger charge is 2.05. The number of aromatic nitrogens is 2. The number of nitrogens with zero attached hydrogens (tertiary/aromatic N) is 2. The van der Waals surface area contributed by atoms with Crippen molar-refractivity contribution in [3.05, 3.63) is 48.4 Å². The van der Waals surface area contributed by atoms with Gasteiger partial charge in [-0.2, -0.15) is 0 Å². The van der Waals surface area contributed by atoms with Gasteiger partial charge in [-0.05, 0) is 43.7 Å². The van der Waals surface area contributed by atoms with E-state index >= 15 is 0 Å². The van der Waals surface area contributed by atoms with Crippen LogP contribution in [0.15, 0.2) is 42.9 Å². The summed E-state index contributed by atoms with van der Waals surface area (Å²) in [4.78, 5) is 8.23. The van der Waals surface area contributed by atoms with Crippen LogP contribution in [0.5, 0.6) is 5.88 Å². The minimum absolute atomic E-state index is 0.112. The van der Waals surface area contributed by atoms with Crippen LogP contribution in [0.3, 0.4) is 0 Å². The Bertz CT molecular complexity index is 485. The fourth-order valence-electron chi connectivity index (χ4n) is 1.54. The van der Waals surface area contributed by atoms with Crippen LogP contribution in [-0.4, -0.2) is 16.1 Å². The third kappa shape index (κ3) is 3.45. The van der Waals surface area contributed by atoms with Crippen molar-refractivity contribution < 1.29 is 4.74 Å². The van der Waals surface area contributed by atoms with E-state index in [0.717, 1.165) is 12.2 Å². The molecule has 0 saturated heterocycles. The average molecular weight is 243 g/mol. The summed E-state index contributed by atoms with van der Waals surface area (Å²) in [6, 6.07) is 7.81. The zero-order valence-electron chi connectivity index (χ0n) is 10.6. The highest BCUT2D eigenvalue weighted by molar-refractivity contribution is 5.52. The molecule has 0 atom stereocenters. The molecule has 0 aliphatic rings. The van der Waals surface area contributed by atoms with Crippen LogP contribution in [0, 0.1) is 0 Å². The van der Waals surface area contributed by atoms with Crippen molar-refractivity contribution in [2.24, 2.45) is 0 Å². The normalized spacial score (nSPS) is 10.4. The van der Waals surface area contributed by atoms with Crippen LogP contribution < -0.4 is 10.1 Å². The Morgan fingerprint density at radius 3 is 2.67 bits per heavy atom. The molecule has 0 unspecified atom stereocenters. The number of rotatable bonds is 5. The SMILES string of the molecule is CC(C)Oc1ncccc1NCc1ccncc1. The number of nitrogens with one attached hydrogen (secondary N) is 1. The van der Waals surface area contributed by atoms with Gasteiger partial charge in [0.25, 0.3) is 0 Å². The van der Waals surface area contributed by atoms with Crippen LogP contribution in [0.25, 0.3) is 0 Å². The lowest BCUT2D eigenvalue weighted by molar-refractivity contribution is 0.234. The fourth-order valence-corrected chi connectivity index (χ4v) is 1.54. The van der Waals surface area contributed by atoms with E-state index in [-0.39, 0.29) is 6.10 Å². The van der Waals surface area contributed by atoms with Gasteiger partial charge in [-0.1, -0.05) is 0 Å². The quantitative estimate of drug-likeness (QED) is 0.877. The largest absolute Gasteiger partial charge is 0.473 e. The minimum Gasteiger partial charge on any atom is -0.473 e. The molecule has 0 saturated carbocycles. The van der Waals surface area contributed by atoms with Gasteiger partial charge in [0.05, 0.1) is 11.8 Å². The first-order valence-corrected chi connectivity index (χ1v) is 6.00. The molecule has 0 aromatic carbocycles. The summed E-state index contributed by atoms with van der Waals surface area (Å²) < 4.78 is 5.65. The first-order chi connectivity index (χ1) is 8.75. The second-order valence-corrected chi connectivity index (χ2v) is 4.23. The van der Waals surface area contributed by atoms with Crippen molar-refractivity contribution in [3.8, 4) is 5.88 Å². The molecular formula is C14H17N3O. The molecule has 4 nitrogen and oxygen atoms in total. The standard InChI is InChI=1S/C14H17N3O/c1-11(2)18-14-13(4-3-7-16-14)17-10-12-5-8-15-9-6-12/h3-9,11,17H,10H2,1-2H3. The summed E-state index contributed by atoms with van der Waals surface area (Å²) in [5.74, 6) is 0.640. The van der Waals surface area contributed by atoms with Gasteiger partial charge in [-0.3, -0.25) is 4.98 Å². The van der Waals surface area contributed by atoms with Crippen molar-refractivity contribution in [1.82, 2.24) is 9.97 Å². The van der Waals surface area contributed by atoms with E-state index in [1.165, 1.54) is 5.56 Å². The second-order valence-electron chi connectivity index (χ2n) is 4.23. The predicted molar refractivity (Wildman–Crippen MR) is 71.6 cm³/mol. The van der Waals surface area contributed by atoms with Crippen LogP contribution in [0.4, 0.5) is 5.69 Å². The summed E-state index contributed by atoms with van der Waals surface area (Å²) in [6.45, 7) is 4.70. The average Bonchev–Trinajstić information content (AvgIpc) is 2.38. The van der Waals surface area contributed by atoms with E-state index in [0.29, 0.717) is 5.88 Å². The van der Waals surface area contributed by atoms with Crippen LogP contribution in [0.1, 0.15) is 19.4 Å². The van der Waals surface area contributed by atoms with E-state index in [2.05, 4.69) is 15.3 Å². The summed E-state index contributed by atoms with van der Waals surface area (Å²) in [5, 5.41) is 3.32. The van der Waals surface area contributed by atoms with Gasteiger partial charge in [-0.25, -0.2) is 4.98 Å². The molecule has 0 aliphatic heterocycles. The summed E-state index contributed by atoms with van der Waals surface area (Å²) in [6.07, 6.45) is 5.41. The van der Waals surface area contributed by atoms with E-state index in [1.54, 1.807) is 18.6 Å². The molecule has 0 aliphatic carbocycles. The molecule has 2 heterocycles. The molecular weight excluding hydrogens is 226 g/mol. The molecule has 2 rings (SSSR count). The predicted octanol–water partition coefficient (Wildman–Crippen LogP) is 2.88. The molecule has 18 heavy (non-hydrogen) atoms. The third-order valence-electron chi connectivity index (χ3n) is 2.35. The van der Waals surface area contributed by atoms with Crippen molar-refractivity contribution in [2.45, 2.75) is 26.5 Å². The molecule has 0 fully saturated rings. The van der Waals surface area contributed by atoms with Crippen molar-refractivity contribution in [2.75, 3.05) is 5.32 Å². The number of hydrogen-bond donors (Lipinski definition) is 1. The van der Waals surface area contributed by atoms with E-state index in [9.17, 15) is 0 Å². The summed E-state index contributed by atoms with van der Waals surface area (Å²) >= 11 is 0. The van der Waals surface area contributed by atoms with E-state index in [1.807, 2.05) is 38.1 Å². The van der Waals surface area contributed by atoms with Gasteiger partial charge in [0.15, 0.2) is 0 Å². The van der Waals surface area contributed by atoms with Crippen LogP contribution >= 0.6 is 0 Å². The number of hydrogen-bond acceptors (Lipinski definition) is 4. The minimum atomic E-state index is 0.112. The molecule has 2 aromatic heterocycles. The number of ether oxygens (including phenoxy) is 1. The maximum absolute atomic E-state index is 5.65. The van der Waals surface area contributed by atoms with E-state index in [4.69, 9.17) is 4.74 Å². The third-order valence-corrected chi connectivity index (χ3v) is 2.35. The Morgan fingerprint density at radius 1 is 1.17 bits per heavy atom. The first kappa shape index (κ1) is 12.4. The second kappa shape index (κ2) is 6.00. The molecule has 0 bridgehead atoms. The maximum Gasteiger partial charge on any atom is 0.237 e.